The maximum Gasteiger partial charge on any atom is 0.408 e. The second-order valence-electron chi connectivity index (χ2n) is 13.3. The maximum atomic E-state index is 14.4. The topological polar surface area (TPSA) is 114 Å². The Morgan fingerprint density at radius 3 is 1.98 bits per heavy atom. The fourth-order valence-electron chi connectivity index (χ4n) is 4.98. The third kappa shape index (κ3) is 10.0. The number of amides is 3. The van der Waals surface area contributed by atoms with Crippen LogP contribution in [-0.2, 0) is 30.3 Å². The van der Waals surface area contributed by atoms with Crippen molar-refractivity contribution in [3.05, 3.63) is 71.3 Å². The quantitative estimate of drug-likeness (QED) is 0.231. The number of hydrogen-bond donors (Lipinski definition) is 3. The molecule has 0 spiro atoms. The first-order valence-electron chi connectivity index (χ1n) is 15.1. The summed E-state index contributed by atoms with van der Waals surface area (Å²) in [6, 6.07) is 13.4. The molecule has 2 aromatic carbocycles. The molecule has 1 aliphatic carbocycles. The highest BCUT2D eigenvalue weighted by Gasteiger charge is 2.43. The summed E-state index contributed by atoms with van der Waals surface area (Å²) in [6.07, 6.45) is 1.76. The van der Waals surface area contributed by atoms with Crippen LogP contribution in [0.25, 0.3) is 0 Å². The summed E-state index contributed by atoms with van der Waals surface area (Å²) in [5, 5.41) is 5.59. The zero-order chi connectivity index (χ0) is 32.7. The predicted octanol–water partition coefficient (Wildman–Crippen LogP) is 5.31. The van der Waals surface area contributed by atoms with Crippen LogP contribution in [0.4, 0.5) is 4.79 Å². The Labute approximate surface area is 266 Å². The average molecular weight is 626 g/mol. The lowest BCUT2D eigenvalue weighted by Crippen LogP contribution is -2.59. The number of nitrogens with one attached hydrogen (secondary N) is 2. The van der Waals surface area contributed by atoms with Gasteiger partial charge in [0.2, 0.25) is 11.8 Å². The number of aryl methyl sites for hydroxylation is 1. The second kappa shape index (κ2) is 15.0. The van der Waals surface area contributed by atoms with Gasteiger partial charge in [0.1, 0.15) is 29.3 Å². The highest BCUT2D eigenvalue weighted by atomic mass is 32.1. The molecule has 3 atom stereocenters. The fraction of sp³-hybridized carbons (Fsp3) is 0.529. The summed E-state index contributed by atoms with van der Waals surface area (Å²) in [6.45, 7) is 12.4. The first-order valence-corrected chi connectivity index (χ1v) is 15.8. The summed E-state index contributed by atoms with van der Waals surface area (Å²) >= 11 is 4.38. The van der Waals surface area contributed by atoms with Gasteiger partial charge in [-0.1, -0.05) is 54.6 Å². The number of benzene rings is 2. The van der Waals surface area contributed by atoms with Crippen molar-refractivity contribution in [2.75, 3.05) is 5.75 Å². The molecule has 0 bridgehead atoms. The van der Waals surface area contributed by atoms with E-state index in [0.29, 0.717) is 18.4 Å². The molecule has 44 heavy (non-hydrogen) atoms. The number of hydrogen-bond acceptors (Lipinski definition) is 7. The van der Waals surface area contributed by atoms with Gasteiger partial charge in [-0.2, -0.15) is 12.6 Å². The zero-order valence-electron chi connectivity index (χ0n) is 26.9. The van der Waals surface area contributed by atoms with E-state index in [1.165, 1.54) is 0 Å². The van der Waals surface area contributed by atoms with Gasteiger partial charge in [-0.3, -0.25) is 9.59 Å². The van der Waals surface area contributed by atoms with E-state index >= 15 is 0 Å². The lowest BCUT2D eigenvalue weighted by atomic mass is 9.87. The molecule has 1 fully saturated rings. The molecule has 3 rings (SSSR count). The van der Waals surface area contributed by atoms with E-state index in [9.17, 15) is 19.2 Å². The molecule has 1 saturated carbocycles. The van der Waals surface area contributed by atoms with Gasteiger partial charge in [-0.05, 0) is 84.4 Å². The molecule has 3 amide bonds. The van der Waals surface area contributed by atoms with E-state index in [1.807, 2.05) is 61.5 Å². The van der Waals surface area contributed by atoms with Crippen LogP contribution in [0.5, 0.6) is 0 Å². The maximum absolute atomic E-state index is 14.4. The van der Waals surface area contributed by atoms with Crippen LogP contribution in [-0.4, -0.2) is 63.9 Å². The molecule has 0 radical (unpaired) electrons. The Morgan fingerprint density at radius 2 is 1.45 bits per heavy atom. The van der Waals surface area contributed by atoms with Crippen molar-refractivity contribution in [1.82, 2.24) is 15.5 Å². The number of thiol groups is 1. The molecule has 0 aliphatic heterocycles. The predicted molar refractivity (Wildman–Crippen MR) is 173 cm³/mol. The first-order chi connectivity index (χ1) is 20.6. The van der Waals surface area contributed by atoms with E-state index in [1.54, 1.807) is 46.4 Å². The lowest BCUT2D eigenvalue weighted by molar-refractivity contribution is -0.159. The molecule has 0 heterocycles. The van der Waals surface area contributed by atoms with Gasteiger partial charge >= 0.3 is 12.1 Å². The van der Waals surface area contributed by atoms with Crippen molar-refractivity contribution < 1.29 is 28.7 Å². The summed E-state index contributed by atoms with van der Waals surface area (Å²) in [5.41, 5.74) is 0.751. The minimum atomic E-state index is -1.07. The van der Waals surface area contributed by atoms with Crippen LogP contribution < -0.4 is 10.6 Å². The molecule has 1 aliphatic rings. The fourth-order valence-corrected chi connectivity index (χ4v) is 5.22. The Bertz CT molecular complexity index is 1300. The molecular formula is C34H47N3O6S. The summed E-state index contributed by atoms with van der Waals surface area (Å²) < 4.78 is 11.1. The van der Waals surface area contributed by atoms with E-state index in [2.05, 4.69) is 23.3 Å². The molecule has 3 unspecified atom stereocenters. The molecule has 0 saturated heterocycles. The van der Waals surface area contributed by atoms with Gasteiger partial charge in [0.05, 0.1) is 0 Å². The van der Waals surface area contributed by atoms with E-state index in [-0.39, 0.29) is 18.2 Å². The molecule has 9 nitrogen and oxygen atoms in total. The summed E-state index contributed by atoms with van der Waals surface area (Å²) in [7, 11) is 0. The van der Waals surface area contributed by atoms with Gasteiger partial charge < -0.3 is 25.0 Å². The van der Waals surface area contributed by atoms with Crippen LogP contribution in [0.1, 0.15) is 83.5 Å². The number of esters is 1. The Balaban J connectivity index is 2.03. The third-order valence-electron chi connectivity index (χ3n) is 7.19. The first kappa shape index (κ1) is 35.0. The number of carbonyl (C=O) groups excluding carboxylic acids is 4. The standard InChI is InChI=1S/C34H47N3O6S/c1-22-14-11-12-19-25(22)28(29(38)35-26(31(40)42-33(2,3)4)20-23-15-9-8-10-16-23)37(24-17-13-18-24)30(39)27(21-44)36-32(41)43-34(5,6)7/h8-12,14-16,19,24,26-28,44H,13,17-18,20-21H2,1-7H3,(H,35,38)(H,36,41). The van der Waals surface area contributed by atoms with Crippen molar-refractivity contribution in [1.29, 1.82) is 0 Å². The second-order valence-corrected chi connectivity index (χ2v) is 13.6. The zero-order valence-corrected chi connectivity index (χ0v) is 27.8. The van der Waals surface area contributed by atoms with Gasteiger partial charge in [0, 0.05) is 18.2 Å². The number of ether oxygens (including phenoxy) is 2. The number of rotatable bonds is 11. The number of alkyl carbamates (subject to hydrolysis) is 1. The Kier molecular flexibility index (Phi) is 11.9. The van der Waals surface area contributed by atoms with Crippen LogP contribution in [0, 0.1) is 6.92 Å². The van der Waals surface area contributed by atoms with Crippen molar-refractivity contribution in [2.24, 2.45) is 0 Å². The Hall–Kier alpha value is -3.53. The monoisotopic (exact) mass is 625 g/mol. The SMILES string of the molecule is Cc1ccccc1C(C(=O)NC(Cc1ccccc1)C(=O)OC(C)(C)C)N(C(=O)C(CS)NC(=O)OC(C)(C)C)C1CCC1. The number of nitrogens with zero attached hydrogens (tertiary/aromatic N) is 1. The minimum Gasteiger partial charge on any atom is -0.458 e. The van der Waals surface area contributed by atoms with Crippen molar-refractivity contribution in [2.45, 2.75) is 110 Å². The van der Waals surface area contributed by atoms with E-state index in [4.69, 9.17) is 9.47 Å². The molecule has 2 N–H and O–H groups in total. The van der Waals surface area contributed by atoms with E-state index < -0.39 is 53.2 Å². The molecular weight excluding hydrogens is 578 g/mol. The molecule has 10 heteroatoms. The average Bonchev–Trinajstić information content (AvgIpc) is 2.89. The van der Waals surface area contributed by atoms with Crippen LogP contribution in [0.2, 0.25) is 0 Å². The smallest absolute Gasteiger partial charge is 0.408 e. The largest absolute Gasteiger partial charge is 0.458 e. The van der Waals surface area contributed by atoms with Gasteiger partial charge in [0.15, 0.2) is 0 Å². The Morgan fingerprint density at radius 1 is 0.864 bits per heavy atom. The third-order valence-corrected chi connectivity index (χ3v) is 7.56. The molecule has 0 aromatic heterocycles. The molecule has 240 valence electrons. The normalized spacial score (nSPS) is 15.6. The van der Waals surface area contributed by atoms with Crippen molar-refractivity contribution in [3.63, 3.8) is 0 Å². The number of carbonyl (C=O) groups is 4. The highest BCUT2D eigenvalue weighted by molar-refractivity contribution is 7.80. The van der Waals surface area contributed by atoms with Crippen molar-refractivity contribution >= 4 is 36.5 Å². The lowest BCUT2D eigenvalue weighted by Gasteiger charge is -2.44. The minimum absolute atomic E-state index is 0.00204. The van der Waals surface area contributed by atoms with Crippen LogP contribution in [0.15, 0.2) is 54.6 Å². The van der Waals surface area contributed by atoms with Crippen molar-refractivity contribution in [3.8, 4) is 0 Å². The van der Waals surface area contributed by atoms with Gasteiger partial charge in [-0.15, -0.1) is 0 Å². The van der Waals surface area contributed by atoms with E-state index in [0.717, 1.165) is 17.5 Å². The van der Waals surface area contributed by atoms with Gasteiger partial charge in [0.25, 0.3) is 0 Å². The summed E-state index contributed by atoms with van der Waals surface area (Å²) in [5.74, 6) is -1.53. The summed E-state index contributed by atoms with van der Waals surface area (Å²) in [4.78, 5) is 56.4. The molecule has 2 aromatic rings. The van der Waals surface area contributed by atoms with Crippen LogP contribution >= 0.6 is 12.6 Å². The van der Waals surface area contributed by atoms with Gasteiger partial charge in [-0.25, -0.2) is 9.59 Å². The van der Waals surface area contributed by atoms with Crippen LogP contribution in [0.3, 0.4) is 0 Å². The highest BCUT2D eigenvalue weighted by Crippen LogP contribution is 2.35.